The molecule has 10 heteroatoms. The third-order valence-corrected chi connectivity index (χ3v) is 4.63. The predicted molar refractivity (Wildman–Crippen MR) is 98.2 cm³/mol. The number of amides is 2. The van der Waals surface area contributed by atoms with Crippen LogP contribution < -0.4 is 16.0 Å². The number of carbonyl (C=O) groups is 2. The second kappa shape index (κ2) is 8.60. The zero-order valence-corrected chi connectivity index (χ0v) is 15.5. The maximum absolute atomic E-state index is 12.4. The molecule has 3 aromatic heterocycles. The number of rotatable bonds is 9. The number of anilines is 1. The van der Waals surface area contributed by atoms with Crippen LogP contribution in [0.3, 0.4) is 0 Å². The van der Waals surface area contributed by atoms with Gasteiger partial charge in [0.15, 0.2) is 18.8 Å². The summed E-state index contributed by atoms with van der Waals surface area (Å²) in [5, 5.41) is 12.9. The number of primary amides is 1. The highest BCUT2D eigenvalue weighted by atomic mass is 32.1. The second-order valence-corrected chi connectivity index (χ2v) is 6.82. The van der Waals surface area contributed by atoms with Gasteiger partial charge in [-0.1, -0.05) is 6.92 Å². The number of quaternary nitrogens is 1. The molecule has 0 aromatic carbocycles. The Bertz CT molecular complexity index is 902. The first-order valence-electron chi connectivity index (χ1n) is 8.43. The topological polar surface area (TPSA) is 129 Å². The van der Waals surface area contributed by atoms with Crippen molar-refractivity contribution >= 4 is 28.2 Å². The molecule has 1 atom stereocenters. The molecule has 0 aliphatic rings. The molecule has 0 spiro atoms. The highest BCUT2D eigenvalue weighted by molar-refractivity contribution is 7.14. The Kier molecular flexibility index (Phi) is 5.99. The Hall–Kier alpha value is -2.98. The van der Waals surface area contributed by atoms with Crippen molar-refractivity contribution in [1.82, 2.24) is 10.2 Å². The van der Waals surface area contributed by atoms with Gasteiger partial charge in [0.25, 0.3) is 23.6 Å². The molecule has 0 aliphatic heterocycles. The Morgan fingerprint density at radius 1 is 1.33 bits per heavy atom. The van der Waals surface area contributed by atoms with Crippen molar-refractivity contribution in [1.29, 1.82) is 0 Å². The first-order chi connectivity index (χ1) is 13.1. The summed E-state index contributed by atoms with van der Waals surface area (Å²) in [5.41, 5.74) is 5.61. The van der Waals surface area contributed by atoms with Crippen LogP contribution in [0.5, 0.6) is 0 Å². The highest BCUT2D eigenvalue weighted by Crippen LogP contribution is 2.22. The summed E-state index contributed by atoms with van der Waals surface area (Å²) < 4.78 is 10.9. The van der Waals surface area contributed by atoms with Crippen LogP contribution in [0.1, 0.15) is 29.6 Å². The van der Waals surface area contributed by atoms with E-state index in [0.29, 0.717) is 34.7 Å². The number of hydrogen-bond acceptors (Lipinski definition) is 7. The standard InChI is InChI=1S/C17H19N5O4S/c1-2-6-22(9-13(23)19-17-11(15(18)24)5-8-27-17)10-14-20-21-16(26-14)12-4-3-7-25-12/h3-5,7-8H,2,6,9-10H2,1H3,(H2,18,24)(H,19,23)/p+1. The number of nitrogens with zero attached hydrogens (tertiary/aromatic N) is 2. The average Bonchev–Trinajstić information content (AvgIpc) is 3.36. The first-order valence-corrected chi connectivity index (χ1v) is 9.31. The molecule has 27 heavy (non-hydrogen) atoms. The molecule has 0 bridgehead atoms. The van der Waals surface area contributed by atoms with Gasteiger partial charge in [-0.3, -0.25) is 9.59 Å². The molecule has 3 heterocycles. The Morgan fingerprint density at radius 3 is 2.89 bits per heavy atom. The number of nitrogens with one attached hydrogen (secondary N) is 2. The summed E-state index contributed by atoms with van der Waals surface area (Å²) in [5.74, 6) is 0.446. The van der Waals surface area contributed by atoms with Crippen LogP contribution in [-0.4, -0.2) is 35.1 Å². The van der Waals surface area contributed by atoms with Gasteiger partial charge in [0.2, 0.25) is 0 Å². The Labute approximate surface area is 159 Å². The summed E-state index contributed by atoms with van der Waals surface area (Å²) in [6.45, 7) is 3.38. The molecule has 1 unspecified atom stereocenters. The van der Waals surface area contributed by atoms with Crippen LogP contribution in [0.4, 0.5) is 5.00 Å². The summed E-state index contributed by atoms with van der Waals surface area (Å²) in [6.07, 6.45) is 2.41. The van der Waals surface area contributed by atoms with Gasteiger partial charge in [-0.05, 0) is 30.0 Å². The van der Waals surface area contributed by atoms with Crippen molar-refractivity contribution in [2.24, 2.45) is 5.73 Å². The van der Waals surface area contributed by atoms with Crippen LogP contribution in [0.15, 0.2) is 38.7 Å². The molecule has 0 fully saturated rings. The van der Waals surface area contributed by atoms with Gasteiger partial charge in [0.05, 0.1) is 18.4 Å². The molecule has 0 saturated carbocycles. The van der Waals surface area contributed by atoms with Crippen LogP contribution >= 0.6 is 11.3 Å². The lowest BCUT2D eigenvalue weighted by molar-refractivity contribution is -0.907. The molecule has 9 nitrogen and oxygen atoms in total. The summed E-state index contributed by atoms with van der Waals surface area (Å²) in [4.78, 5) is 24.7. The average molecular weight is 390 g/mol. The Balaban J connectivity index is 1.62. The lowest BCUT2D eigenvalue weighted by Crippen LogP contribution is -3.11. The van der Waals surface area contributed by atoms with Gasteiger partial charge in [-0.2, -0.15) is 0 Å². The minimum atomic E-state index is -0.569. The van der Waals surface area contributed by atoms with E-state index in [2.05, 4.69) is 15.5 Å². The van der Waals surface area contributed by atoms with E-state index in [1.54, 1.807) is 23.6 Å². The fourth-order valence-electron chi connectivity index (χ4n) is 2.63. The molecule has 0 aliphatic carbocycles. The van der Waals surface area contributed by atoms with Gasteiger partial charge in [0, 0.05) is 0 Å². The summed E-state index contributed by atoms with van der Waals surface area (Å²) in [6, 6.07) is 5.07. The molecule has 2 amide bonds. The van der Waals surface area contributed by atoms with Crippen LogP contribution in [0.2, 0.25) is 0 Å². The van der Waals surface area contributed by atoms with Gasteiger partial charge >= 0.3 is 0 Å². The molecular weight excluding hydrogens is 370 g/mol. The minimum Gasteiger partial charge on any atom is -0.459 e. The third kappa shape index (κ3) is 4.80. The molecule has 142 valence electrons. The van der Waals surface area contributed by atoms with Crippen LogP contribution in [0.25, 0.3) is 11.7 Å². The van der Waals surface area contributed by atoms with E-state index in [1.807, 2.05) is 6.92 Å². The summed E-state index contributed by atoms with van der Waals surface area (Å²) in [7, 11) is 0. The lowest BCUT2D eigenvalue weighted by Gasteiger charge is -2.16. The SMILES string of the molecule is CCC[NH+](CC(=O)Nc1sccc1C(N)=O)Cc1nnc(-c2ccco2)o1. The normalized spacial score (nSPS) is 12.0. The maximum Gasteiger partial charge on any atom is 0.283 e. The molecule has 0 saturated heterocycles. The van der Waals surface area contributed by atoms with Gasteiger partial charge in [-0.25, -0.2) is 0 Å². The molecule has 0 radical (unpaired) electrons. The smallest absolute Gasteiger partial charge is 0.283 e. The highest BCUT2D eigenvalue weighted by Gasteiger charge is 2.20. The van der Waals surface area contributed by atoms with Crippen LogP contribution in [0, 0.1) is 0 Å². The fraction of sp³-hybridized carbons (Fsp3) is 0.294. The van der Waals surface area contributed by atoms with Crippen LogP contribution in [-0.2, 0) is 11.3 Å². The van der Waals surface area contributed by atoms with Gasteiger partial charge in [0.1, 0.15) is 5.00 Å². The summed E-state index contributed by atoms with van der Waals surface area (Å²) >= 11 is 1.26. The van der Waals surface area contributed by atoms with E-state index in [0.717, 1.165) is 17.9 Å². The number of nitrogens with two attached hydrogens (primary N) is 1. The molecule has 3 aromatic rings. The zero-order valence-electron chi connectivity index (χ0n) is 14.7. The van der Waals surface area contributed by atoms with Gasteiger partial charge in [-0.15, -0.1) is 21.5 Å². The maximum atomic E-state index is 12.4. The lowest BCUT2D eigenvalue weighted by atomic mass is 10.3. The van der Waals surface area contributed by atoms with E-state index in [9.17, 15) is 9.59 Å². The monoisotopic (exact) mass is 390 g/mol. The molecular formula is C17H20N5O4S+. The van der Waals surface area contributed by atoms with E-state index >= 15 is 0 Å². The number of aromatic nitrogens is 2. The van der Waals surface area contributed by atoms with Crippen molar-refractivity contribution in [2.45, 2.75) is 19.9 Å². The van der Waals surface area contributed by atoms with Crippen molar-refractivity contribution in [3.05, 3.63) is 41.3 Å². The van der Waals surface area contributed by atoms with E-state index < -0.39 is 5.91 Å². The van der Waals surface area contributed by atoms with Crippen molar-refractivity contribution < 1.29 is 23.3 Å². The number of hydrogen-bond donors (Lipinski definition) is 3. The van der Waals surface area contributed by atoms with Crippen molar-refractivity contribution in [3.8, 4) is 11.7 Å². The minimum absolute atomic E-state index is 0.197. The first kappa shape index (κ1) is 18.8. The predicted octanol–water partition coefficient (Wildman–Crippen LogP) is 0.924. The fourth-order valence-corrected chi connectivity index (χ4v) is 3.44. The van der Waals surface area contributed by atoms with E-state index in [1.165, 1.54) is 17.6 Å². The van der Waals surface area contributed by atoms with E-state index in [4.69, 9.17) is 14.6 Å². The molecule has 4 N–H and O–H groups in total. The number of thiophene rings is 1. The third-order valence-electron chi connectivity index (χ3n) is 3.80. The molecule has 3 rings (SSSR count). The van der Waals surface area contributed by atoms with Crippen molar-refractivity contribution in [3.63, 3.8) is 0 Å². The number of furan rings is 1. The Morgan fingerprint density at radius 2 is 2.19 bits per heavy atom. The number of carbonyl (C=O) groups excluding carboxylic acids is 2. The zero-order chi connectivity index (χ0) is 19.2. The second-order valence-electron chi connectivity index (χ2n) is 5.91. The van der Waals surface area contributed by atoms with E-state index in [-0.39, 0.29) is 12.5 Å². The van der Waals surface area contributed by atoms with Crippen molar-refractivity contribution in [2.75, 3.05) is 18.4 Å². The largest absolute Gasteiger partial charge is 0.459 e. The van der Waals surface area contributed by atoms with Gasteiger partial charge < -0.3 is 24.8 Å². The quantitative estimate of drug-likeness (QED) is 0.498.